The molecule has 0 bridgehead atoms. The normalized spacial score (nSPS) is 15.3. The second kappa shape index (κ2) is 7.96. The van der Waals surface area contributed by atoms with Crippen LogP contribution in [0.5, 0.6) is 0 Å². The Labute approximate surface area is 192 Å². The molecule has 166 valence electrons. The molecule has 0 spiro atoms. The lowest BCUT2D eigenvalue weighted by Gasteiger charge is -2.23. The van der Waals surface area contributed by atoms with Crippen LogP contribution in [0.3, 0.4) is 0 Å². The Morgan fingerprint density at radius 3 is 2.55 bits per heavy atom. The molecule has 1 fully saturated rings. The third-order valence-electron chi connectivity index (χ3n) is 6.98. The van der Waals surface area contributed by atoms with Crippen molar-refractivity contribution in [2.45, 2.75) is 38.5 Å². The molecular weight excluding hydrogens is 413 g/mol. The number of hydrogen-bond acceptors (Lipinski definition) is 3. The molecule has 33 heavy (non-hydrogen) atoms. The van der Waals surface area contributed by atoms with Crippen molar-refractivity contribution in [3.8, 4) is 11.3 Å². The lowest BCUT2D eigenvalue weighted by Crippen LogP contribution is -2.14. The number of nitrogens with zero attached hydrogens (tertiary/aromatic N) is 1. The summed E-state index contributed by atoms with van der Waals surface area (Å²) in [4.78, 5) is 4.58. The predicted octanol–water partition coefficient (Wildman–Crippen LogP) is 7.96. The first-order chi connectivity index (χ1) is 16.1. The molecule has 0 radical (unpaired) electrons. The molecule has 0 saturated carbocycles. The van der Waals surface area contributed by atoms with Crippen LogP contribution in [0.25, 0.3) is 44.0 Å². The molecule has 3 aromatic carbocycles. The first-order valence-corrected chi connectivity index (χ1v) is 11.7. The fraction of sp³-hybridized carbons (Fsp3) is 0.276. The second-order valence-electron chi connectivity index (χ2n) is 9.34. The van der Waals surface area contributed by atoms with Crippen LogP contribution in [-0.4, -0.2) is 18.2 Å². The molecule has 4 heteroatoms. The van der Waals surface area contributed by atoms with Crippen molar-refractivity contribution >= 4 is 32.7 Å². The Morgan fingerprint density at radius 1 is 0.909 bits per heavy atom. The van der Waals surface area contributed by atoms with E-state index >= 15 is 4.39 Å². The smallest absolute Gasteiger partial charge is 0.149 e. The molecule has 0 unspecified atom stereocenters. The van der Waals surface area contributed by atoms with Crippen molar-refractivity contribution in [3.63, 3.8) is 0 Å². The van der Waals surface area contributed by atoms with Gasteiger partial charge in [-0.25, -0.2) is 4.39 Å². The zero-order valence-electron chi connectivity index (χ0n) is 18.9. The highest BCUT2D eigenvalue weighted by atomic mass is 19.1. The minimum absolute atomic E-state index is 0.288. The maximum absolute atomic E-state index is 15.0. The van der Waals surface area contributed by atoms with Gasteiger partial charge in [-0.3, -0.25) is 4.98 Å². The Morgan fingerprint density at radius 2 is 1.73 bits per heavy atom. The Hall–Kier alpha value is -3.24. The van der Waals surface area contributed by atoms with Crippen molar-refractivity contribution in [2.24, 2.45) is 0 Å². The number of fused-ring (bicyclic) bond motifs is 4. The van der Waals surface area contributed by atoms with Crippen LogP contribution < -0.4 is 0 Å². The monoisotopic (exact) mass is 439 g/mol. The summed E-state index contributed by atoms with van der Waals surface area (Å²) in [5.41, 5.74) is 5.71. The zero-order chi connectivity index (χ0) is 22.5. The Kier molecular flexibility index (Phi) is 4.92. The van der Waals surface area contributed by atoms with E-state index < -0.39 is 0 Å². The van der Waals surface area contributed by atoms with Crippen molar-refractivity contribution < 1.29 is 13.5 Å². The largest absolute Gasteiger partial charge is 0.455 e. The fourth-order valence-corrected chi connectivity index (χ4v) is 5.08. The van der Waals surface area contributed by atoms with Gasteiger partial charge < -0.3 is 9.15 Å². The van der Waals surface area contributed by atoms with Gasteiger partial charge in [-0.2, -0.15) is 0 Å². The molecular formula is C29H26FNO2. The first-order valence-electron chi connectivity index (χ1n) is 11.7. The lowest BCUT2D eigenvalue weighted by atomic mass is 9.89. The van der Waals surface area contributed by atoms with Gasteiger partial charge in [0.2, 0.25) is 0 Å². The van der Waals surface area contributed by atoms with Gasteiger partial charge in [-0.1, -0.05) is 44.2 Å². The highest BCUT2D eigenvalue weighted by Gasteiger charge is 2.21. The molecule has 0 atom stereocenters. The highest BCUT2D eigenvalue weighted by Crippen LogP contribution is 2.41. The average molecular weight is 440 g/mol. The van der Waals surface area contributed by atoms with Crippen molar-refractivity contribution in [3.05, 3.63) is 77.7 Å². The van der Waals surface area contributed by atoms with Crippen molar-refractivity contribution in [1.29, 1.82) is 0 Å². The highest BCUT2D eigenvalue weighted by molar-refractivity contribution is 6.12. The average Bonchev–Trinajstić information content (AvgIpc) is 3.23. The van der Waals surface area contributed by atoms with Crippen LogP contribution in [-0.2, 0) is 4.74 Å². The summed E-state index contributed by atoms with van der Waals surface area (Å²) in [5, 5.41) is 3.59. The van der Waals surface area contributed by atoms with Gasteiger partial charge in [0.1, 0.15) is 17.0 Å². The molecule has 3 nitrogen and oxygen atoms in total. The fourth-order valence-electron chi connectivity index (χ4n) is 5.08. The van der Waals surface area contributed by atoms with E-state index in [2.05, 4.69) is 43.1 Å². The third-order valence-corrected chi connectivity index (χ3v) is 6.98. The molecule has 2 aromatic heterocycles. The number of aromatic nitrogens is 1. The van der Waals surface area contributed by atoms with E-state index in [9.17, 15) is 0 Å². The zero-order valence-corrected chi connectivity index (χ0v) is 18.9. The number of halogens is 1. The molecule has 0 amide bonds. The summed E-state index contributed by atoms with van der Waals surface area (Å²) >= 11 is 0. The molecule has 0 N–H and O–H groups in total. The van der Waals surface area contributed by atoms with E-state index in [-0.39, 0.29) is 5.82 Å². The minimum atomic E-state index is -0.288. The molecule has 0 aliphatic carbocycles. The van der Waals surface area contributed by atoms with Gasteiger partial charge in [-0.05, 0) is 60.1 Å². The Balaban J connectivity index is 1.61. The van der Waals surface area contributed by atoms with E-state index in [1.165, 1.54) is 17.3 Å². The standard InChI is InChI=1S/C29H26FNO2/c1-17(2)20-14-24-21-5-3-4-6-27(21)33-29(24)25(15-20)28-22-8-7-19(18-9-11-32-12-10-18)13-23(22)26(30)16-31-28/h3-8,13-18H,9-12H2,1-2H3. The van der Waals surface area contributed by atoms with Crippen LogP contribution in [0.1, 0.15) is 49.7 Å². The summed E-state index contributed by atoms with van der Waals surface area (Å²) in [6, 6.07) is 18.6. The summed E-state index contributed by atoms with van der Waals surface area (Å²) in [7, 11) is 0. The maximum Gasteiger partial charge on any atom is 0.149 e. The van der Waals surface area contributed by atoms with Gasteiger partial charge in [0.25, 0.3) is 0 Å². The number of para-hydroxylation sites is 1. The van der Waals surface area contributed by atoms with E-state index in [0.29, 0.717) is 17.2 Å². The summed E-state index contributed by atoms with van der Waals surface area (Å²) in [5.74, 6) is 0.461. The number of rotatable bonds is 3. The summed E-state index contributed by atoms with van der Waals surface area (Å²) in [6.07, 6.45) is 3.30. The molecule has 1 aliphatic heterocycles. The number of benzene rings is 3. The van der Waals surface area contributed by atoms with Gasteiger partial charge in [0.05, 0.1) is 11.9 Å². The van der Waals surface area contributed by atoms with Gasteiger partial charge >= 0.3 is 0 Å². The first kappa shape index (κ1) is 20.4. The van der Waals surface area contributed by atoms with Gasteiger partial charge in [-0.15, -0.1) is 0 Å². The summed E-state index contributed by atoms with van der Waals surface area (Å²) in [6.45, 7) is 5.89. The van der Waals surface area contributed by atoms with Crippen LogP contribution in [0.2, 0.25) is 0 Å². The molecule has 5 aromatic rings. The van der Waals surface area contributed by atoms with Gasteiger partial charge in [0.15, 0.2) is 0 Å². The number of hydrogen-bond donors (Lipinski definition) is 0. The summed E-state index contributed by atoms with van der Waals surface area (Å²) < 4.78 is 26.8. The second-order valence-corrected chi connectivity index (χ2v) is 9.34. The van der Waals surface area contributed by atoms with E-state index in [4.69, 9.17) is 9.15 Å². The predicted molar refractivity (Wildman–Crippen MR) is 131 cm³/mol. The van der Waals surface area contributed by atoms with Crippen molar-refractivity contribution in [1.82, 2.24) is 4.98 Å². The maximum atomic E-state index is 15.0. The minimum Gasteiger partial charge on any atom is -0.455 e. The quantitative estimate of drug-likeness (QED) is 0.286. The molecule has 1 saturated heterocycles. The topological polar surface area (TPSA) is 35.3 Å². The third kappa shape index (κ3) is 3.41. The van der Waals surface area contributed by atoms with Crippen LogP contribution in [0.15, 0.2) is 65.2 Å². The van der Waals surface area contributed by atoms with Gasteiger partial charge in [0, 0.05) is 40.3 Å². The van der Waals surface area contributed by atoms with Crippen LogP contribution >= 0.6 is 0 Å². The molecule has 1 aliphatic rings. The van der Waals surface area contributed by atoms with E-state index in [0.717, 1.165) is 64.6 Å². The number of pyridine rings is 1. The van der Waals surface area contributed by atoms with Crippen LogP contribution in [0.4, 0.5) is 4.39 Å². The van der Waals surface area contributed by atoms with E-state index in [1.807, 2.05) is 30.3 Å². The lowest BCUT2D eigenvalue weighted by molar-refractivity contribution is 0.0853. The number of furan rings is 1. The number of ether oxygens (including phenoxy) is 1. The Bertz CT molecular complexity index is 1490. The van der Waals surface area contributed by atoms with E-state index in [1.54, 1.807) is 0 Å². The molecule has 6 rings (SSSR count). The SMILES string of the molecule is CC(C)c1cc(-c2ncc(F)c3cc(C4CCOCC4)ccc23)c2oc3ccccc3c2c1. The molecule has 3 heterocycles. The van der Waals surface area contributed by atoms with Crippen LogP contribution in [0, 0.1) is 5.82 Å². The van der Waals surface area contributed by atoms with Crippen molar-refractivity contribution in [2.75, 3.05) is 13.2 Å².